The molecule has 4 aromatic rings. The molecule has 5 rings (SSSR count). The summed E-state index contributed by atoms with van der Waals surface area (Å²) in [6.45, 7) is 1.07. The molecule has 8 nitrogen and oxygen atoms in total. The standard InChI is InChI=1S/C24H24N6O2/c1-31-18-7-5-16(6-8-18)14-30-20-4-2-3-19(20)22(29-30)24-27-13-21(23(25)28-24)32-15-17-9-11-26-12-10-17/h5-13H,2-4,14-15H2,1H3,(H2,25,27,28). The van der Waals surface area contributed by atoms with Crippen molar-refractivity contribution in [1.29, 1.82) is 0 Å². The highest BCUT2D eigenvalue weighted by atomic mass is 16.5. The fourth-order valence-corrected chi connectivity index (χ4v) is 3.97. The van der Waals surface area contributed by atoms with E-state index in [-0.39, 0.29) is 0 Å². The van der Waals surface area contributed by atoms with Gasteiger partial charge in [0.2, 0.25) is 0 Å². The zero-order valence-corrected chi connectivity index (χ0v) is 17.9. The van der Waals surface area contributed by atoms with E-state index in [9.17, 15) is 0 Å². The largest absolute Gasteiger partial charge is 0.497 e. The topological polar surface area (TPSA) is 101 Å². The molecular weight excluding hydrogens is 404 g/mol. The fourth-order valence-electron chi connectivity index (χ4n) is 3.97. The number of ether oxygens (including phenoxy) is 2. The van der Waals surface area contributed by atoms with Gasteiger partial charge in [0.1, 0.15) is 18.1 Å². The molecule has 8 heteroatoms. The molecule has 0 amide bonds. The third-order valence-electron chi connectivity index (χ3n) is 5.64. The second-order valence-electron chi connectivity index (χ2n) is 7.72. The molecule has 1 aliphatic carbocycles. The van der Waals surface area contributed by atoms with E-state index in [1.165, 1.54) is 11.3 Å². The highest BCUT2D eigenvalue weighted by molar-refractivity contribution is 5.61. The molecule has 2 N–H and O–H groups in total. The number of hydrogen-bond donors (Lipinski definition) is 1. The molecule has 3 heterocycles. The molecular formula is C24H24N6O2. The Bertz CT molecular complexity index is 1220. The molecule has 0 saturated carbocycles. The molecule has 32 heavy (non-hydrogen) atoms. The van der Waals surface area contributed by atoms with Crippen molar-refractivity contribution in [2.45, 2.75) is 32.4 Å². The van der Waals surface area contributed by atoms with Crippen LogP contribution in [0.4, 0.5) is 5.82 Å². The summed E-state index contributed by atoms with van der Waals surface area (Å²) in [5.41, 5.74) is 11.6. The Morgan fingerprint density at radius 3 is 2.59 bits per heavy atom. The highest BCUT2D eigenvalue weighted by Crippen LogP contribution is 2.32. The Hall–Kier alpha value is -3.94. The van der Waals surface area contributed by atoms with E-state index >= 15 is 0 Å². The monoisotopic (exact) mass is 428 g/mol. The number of fused-ring (bicyclic) bond motifs is 1. The van der Waals surface area contributed by atoms with Crippen molar-refractivity contribution in [3.8, 4) is 23.0 Å². The molecule has 0 unspecified atom stereocenters. The van der Waals surface area contributed by atoms with Gasteiger partial charge in [-0.25, -0.2) is 9.97 Å². The minimum atomic E-state index is 0.306. The van der Waals surface area contributed by atoms with Gasteiger partial charge in [-0.1, -0.05) is 12.1 Å². The van der Waals surface area contributed by atoms with Crippen molar-refractivity contribution in [1.82, 2.24) is 24.7 Å². The number of anilines is 1. The van der Waals surface area contributed by atoms with Crippen molar-refractivity contribution < 1.29 is 9.47 Å². The molecule has 1 aliphatic rings. The summed E-state index contributed by atoms with van der Waals surface area (Å²) in [6, 6.07) is 11.8. The van der Waals surface area contributed by atoms with Gasteiger partial charge in [0.15, 0.2) is 17.4 Å². The van der Waals surface area contributed by atoms with Crippen LogP contribution in [0.2, 0.25) is 0 Å². The number of nitrogen functional groups attached to an aromatic ring is 1. The molecule has 0 bridgehead atoms. The summed E-state index contributed by atoms with van der Waals surface area (Å²) in [5, 5.41) is 4.86. The van der Waals surface area contributed by atoms with Crippen LogP contribution in [0.25, 0.3) is 11.5 Å². The molecule has 162 valence electrons. The molecule has 1 aromatic carbocycles. The predicted octanol–water partition coefficient (Wildman–Crippen LogP) is 3.44. The minimum absolute atomic E-state index is 0.306. The van der Waals surface area contributed by atoms with Crippen molar-refractivity contribution in [3.05, 3.63) is 77.4 Å². The third kappa shape index (κ3) is 3.99. The highest BCUT2D eigenvalue weighted by Gasteiger charge is 2.25. The summed E-state index contributed by atoms with van der Waals surface area (Å²) in [6.07, 6.45) is 8.15. The summed E-state index contributed by atoms with van der Waals surface area (Å²) < 4.78 is 13.1. The SMILES string of the molecule is COc1ccc(Cn2nc(-c3ncc(OCc4ccncc4)c(N)n3)c3c2CCC3)cc1. The van der Waals surface area contributed by atoms with E-state index in [0.717, 1.165) is 41.8 Å². The van der Waals surface area contributed by atoms with E-state index in [4.69, 9.17) is 20.3 Å². The average molecular weight is 428 g/mol. The minimum Gasteiger partial charge on any atom is -0.497 e. The number of hydrogen-bond acceptors (Lipinski definition) is 7. The number of benzene rings is 1. The zero-order valence-electron chi connectivity index (χ0n) is 17.9. The Morgan fingerprint density at radius 1 is 1.03 bits per heavy atom. The van der Waals surface area contributed by atoms with Gasteiger partial charge in [-0.2, -0.15) is 5.10 Å². The maximum absolute atomic E-state index is 6.19. The van der Waals surface area contributed by atoms with E-state index in [1.54, 1.807) is 25.7 Å². The molecule has 0 aliphatic heterocycles. The van der Waals surface area contributed by atoms with Gasteiger partial charge in [0.25, 0.3) is 0 Å². The molecule has 0 fully saturated rings. The van der Waals surface area contributed by atoms with Crippen LogP contribution >= 0.6 is 0 Å². The van der Waals surface area contributed by atoms with Crippen molar-refractivity contribution in [3.63, 3.8) is 0 Å². The van der Waals surface area contributed by atoms with Crippen LogP contribution in [0.5, 0.6) is 11.5 Å². The summed E-state index contributed by atoms with van der Waals surface area (Å²) >= 11 is 0. The van der Waals surface area contributed by atoms with Gasteiger partial charge in [-0.05, 0) is 54.7 Å². The molecule has 0 radical (unpaired) electrons. The van der Waals surface area contributed by atoms with Gasteiger partial charge in [-0.3, -0.25) is 9.67 Å². The van der Waals surface area contributed by atoms with Crippen molar-refractivity contribution in [2.75, 3.05) is 12.8 Å². The second-order valence-corrected chi connectivity index (χ2v) is 7.72. The van der Waals surface area contributed by atoms with Crippen LogP contribution in [0, 0.1) is 0 Å². The van der Waals surface area contributed by atoms with Crippen molar-refractivity contribution >= 4 is 5.82 Å². The quantitative estimate of drug-likeness (QED) is 0.481. The smallest absolute Gasteiger partial charge is 0.182 e. The Balaban J connectivity index is 1.38. The van der Waals surface area contributed by atoms with Gasteiger partial charge in [0, 0.05) is 23.7 Å². The number of rotatable bonds is 7. The number of nitrogens with zero attached hydrogens (tertiary/aromatic N) is 5. The van der Waals surface area contributed by atoms with Gasteiger partial charge >= 0.3 is 0 Å². The lowest BCUT2D eigenvalue weighted by Gasteiger charge is -2.09. The van der Waals surface area contributed by atoms with Crippen LogP contribution < -0.4 is 15.2 Å². The van der Waals surface area contributed by atoms with Crippen LogP contribution in [-0.2, 0) is 26.0 Å². The lowest BCUT2D eigenvalue weighted by Crippen LogP contribution is -2.06. The molecule has 0 saturated heterocycles. The maximum atomic E-state index is 6.19. The Morgan fingerprint density at radius 2 is 1.84 bits per heavy atom. The second kappa shape index (κ2) is 8.66. The van der Waals surface area contributed by atoms with Crippen molar-refractivity contribution in [2.24, 2.45) is 0 Å². The van der Waals surface area contributed by atoms with Crippen LogP contribution in [0.1, 0.15) is 28.8 Å². The number of methoxy groups -OCH3 is 1. The molecule has 0 spiro atoms. The third-order valence-corrected chi connectivity index (χ3v) is 5.64. The lowest BCUT2D eigenvalue weighted by atomic mass is 10.2. The van der Waals surface area contributed by atoms with Gasteiger partial charge < -0.3 is 15.2 Å². The normalized spacial score (nSPS) is 12.5. The Labute approximate surface area is 186 Å². The summed E-state index contributed by atoms with van der Waals surface area (Å²) in [4.78, 5) is 13.0. The first kappa shape index (κ1) is 20.0. The van der Waals surface area contributed by atoms with Crippen LogP contribution in [0.15, 0.2) is 55.0 Å². The van der Waals surface area contributed by atoms with Gasteiger partial charge in [0.05, 0.1) is 19.9 Å². The zero-order chi connectivity index (χ0) is 21.9. The van der Waals surface area contributed by atoms with E-state index in [0.29, 0.717) is 30.5 Å². The number of aromatic nitrogens is 5. The van der Waals surface area contributed by atoms with Crippen LogP contribution in [0.3, 0.4) is 0 Å². The summed E-state index contributed by atoms with van der Waals surface area (Å²) in [7, 11) is 1.67. The van der Waals surface area contributed by atoms with E-state index in [1.807, 2.05) is 24.3 Å². The average Bonchev–Trinajstić information content (AvgIpc) is 3.43. The van der Waals surface area contributed by atoms with Gasteiger partial charge in [-0.15, -0.1) is 0 Å². The maximum Gasteiger partial charge on any atom is 0.182 e. The van der Waals surface area contributed by atoms with Crippen LogP contribution in [-0.4, -0.2) is 31.8 Å². The predicted molar refractivity (Wildman–Crippen MR) is 120 cm³/mol. The van der Waals surface area contributed by atoms with E-state index in [2.05, 4.69) is 31.8 Å². The Kier molecular flexibility index (Phi) is 5.41. The lowest BCUT2D eigenvalue weighted by molar-refractivity contribution is 0.305. The van der Waals surface area contributed by atoms with E-state index < -0.39 is 0 Å². The first-order valence-corrected chi connectivity index (χ1v) is 10.6. The molecule has 3 aromatic heterocycles. The number of pyridine rings is 1. The molecule has 0 atom stereocenters. The fraction of sp³-hybridized carbons (Fsp3) is 0.250. The first-order valence-electron chi connectivity index (χ1n) is 10.6. The summed E-state index contributed by atoms with van der Waals surface area (Å²) in [5.74, 6) is 2.14. The first-order chi connectivity index (χ1) is 15.7. The number of nitrogens with two attached hydrogens (primary N) is 1.